The van der Waals surface area contributed by atoms with E-state index in [0.717, 1.165) is 44.6 Å². The highest BCUT2D eigenvalue weighted by Gasteiger charge is 2.19. The van der Waals surface area contributed by atoms with Gasteiger partial charge in [-0.3, -0.25) is 9.69 Å². The predicted octanol–water partition coefficient (Wildman–Crippen LogP) is 2.40. The number of halogens is 1. The average Bonchev–Trinajstić information content (AvgIpc) is 3.30. The maximum absolute atomic E-state index is 13.0. The Bertz CT molecular complexity index is 1210. The Morgan fingerprint density at radius 2 is 1.88 bits per heavy atom. The Morgan fingerprint density at radius 3 is 2.67 bits per heavy atom. The first-order valence-electron chi connectivity index (χ1n) is 10.8. The predicted molar refractivity (Wildman–Crippen MR) is 119 cm³/mol. The summed E-state index contributed by atoms with van der Waals surface area (Å²) in [4.78, 5) is 18.6. The molecule has 0 aliphatic carbocycles. The van der Waals surface area contributed by atoms with Gasteiger partial charge in [-0.15, -0.1) is 0 Å². The smallest absolute Gasteiger partial charge is 0.315 e. The number of hydrogen-bond donors (Lipinski definition) is 1. The van der Waals surface area contributed by atoms with Crippen molar-refractivity contribution in [2.24, 2.45) is 0 Å². The molecule has 10 heteroatoms. The van der Waals surface area contributed by atoms with E-state index in [1.54, 1.807) is 0 Å². The molecule has 1 amide bonds. The fraction of sp³-hybridized carbons (Fsp3) is 0.348. The summed E-state index contributed by atoms with van der Waals surface area (Å²) in [6, 6.07) is 13.1. The number of carbonyl (C=O) groups excluding carboxylic acids is 1. The van der Waals surface area contributed by atoms with Gasteiger partial charge in [0.25, 0.3) is 0 Å². The third-order valence-corrected chi connectivity index (χ3v) is 7.31. The Labute approximate surface area is 191 Å². The van der Waals surface area contributed by atoms with Gasteiger partial charge >= 0.3 is 11.8 Å². The lowest BCUT2D eigenvalue weighted by Crippen LogP contribution is -2.33. The summed E-state index contributed by atoms with van der Waals surface area (Å²) in [5, 5.41) is 6.45. The Morgan fingerprint density at radius 1 is 1.12 bits per heavy atom. The number of aromatic nitrogens is 2. The number of rotatable bonds is 9. The van der Waals surface area contributed by atoms with Crippen molar-refractivity contribution in [3.05, 3.63) is 77.2 Å². The number of carbonyl (C=O) groups is 1. The first-order chi connectivity index (χ1) is 15.9. The van der Waals surface area contributed by atoms with Crippen LogP contribution in [0.3, 0.4) is 0 Å². The van der Waals surface area contributed by atoms with E-state index in [9.17, 15) is 17.6 Å². The van der Waals surface area contributed by atoms with Crippen LogP contribution in [0.1, 0.15) is 34.1 Å². The highest BCUT2D eigenvalue weighted by atomic mass is 32.2. The number of sulfone groups is 1. The fourth-order valence-corrected chi connectivity index (χ4v) is 5.00. The molecule has 33 heavy (non-hydrogen) atoms. The zero-order valence-electron chi connectivity index (χ0n) is 18.0. The van der Waals surface area contributed by atoms with Gasteiger partial charge in [0.1, 0.15) is 5.82 Å². The van der Waals surface area contributed by atoms with E-state index in [-0.39, 0.29) is 28.8 Å². The van der Waals surface area contributed by atoms with Crippen LogP contribution in [0.25, 0.3) is 0 Å². The Kier molecular flexibility index (Phi) is 7.14. The van der Waals surface area contributed by atoms with E-state index >= 15 is 0 Å². The molecule has 3 aromatic rings. The van der Waals surface area contributed by atoms with Crippen LogP contribution in [0.5, 0.6) is 0 Å². The molecule has 1 N–H and O–H groups in total. The van der Waals surface area contributed by atoms with Gasteiger partial charge in [-0.2, -0.15) is 4.98 Å². The number of nitrogens with one attached hydrogen (secondary N) is 1. The molecule has 1 aliphatic heterocycles. The van der Waals surface area contributed by atoms with Crippen molar-refractivity contribution in [3.8, 4) is 0 Å². The third kappa shape index (κ3) is 6.02. The molecule has 2 heterocycles. The largest absolute Gasteiger partial charge is 0.348 e. The molecule has 4 rings (SSSR count). The van der Waals surface area contributed by atoms with Gasteiger partial charge in [-0.25, -0.2) is 12.8 Å². The maximum Gasteiger partial charge on any atom is 0.315 e. The molecule has 0 saturated carbocycles. The first kappa shape index (κ1) is 23.1. The number of aryl methyl sites for hydroxylation is 1. The monoisotopic (exact) mass is 472 g/mol. The lowest BCUT2D eigenvalue weighted by molar-refractivity contribution is 0.0907. The van der Waals surface area contributed by atoms with E-state index in [4.69, 9.17) is 4.52 Å². The second-order valence-corrected chi connectivity index (χ2v) is 10.1. The van der Waals surface area contributed by atoms with Crippen LogP contribution in [0.2, 0.25) is 0 Å². The molecule has 0 fully saturated rings. The molecule has 174 valence electrons. The number of hydrogen-bond acceptors (Lipinski definition) is 7. The fourth-order valence-electron chi connectivity index (χ4n) is 3.76. The lowest BCUT2D eigenvalue weighted by atomic mass is 10.00. The minimum Gasteiger partial charge on any atom is -0.348 e. The molecule has 0 spiro atoms. The van der Waals surface area contributed by atoms with E-state index in [2.05, 4.69) is 44.6 Å². The van der Waals surface area contributed by atoms with E-state index in [1.165, 1.54) is 23.3 Å². The summed E-state index contributed by atoms with van der Waals surface area (Å²) in [5.41, 5.74) is 2.76. The summed E-state index contributed by atoms with van der Waals surface area (Å²) in [7, 11) is -3.63. The van der Waals surface area contributed by atoms with Crippen LogP contribution >= 0.6 is 0 Å². The molecule has 1 aliphatic rings. The normalized spacial score (nSPS) is 14.1. The first-order valence-corrected chi connectivity index (χ1v) is 12.4. The zero-order valence-corrected chi connectivity index (χ0v) is 18.9. The van der Waals surface area contributed by atoms with Gasteiger partial charge in [-0.1, -0.05) is 29.4 Å². The molecule has 1 aromatic heterocycles. The maximum atomic E-state index is 13.0. The van der Waals surface area contributed by atoms with Gasteiger partial charge in [0.15, 0.2) is 15.7 Å². The van der Waals surface area contributed by atoms with Gasteiger partial charge in [0, 0.05) is 32.6 Å². The summed E-state index contributed by atoms with van der Waals surface area (Å²) in [6.45, 7) is 3.25. The molecule has 0 unspecified atom stereocenters. The van der Waals surface area contributed by atoms with Crippen molar-refractivity contribution in [3.63, 3.8) is 0 Å². The van der Waals surface area contributed by atoms with Gasteiger partial charge in [0.05, 0.1) is 10.6 Å². The van der Waals surface area contributed by atoms with E-state index in [0.29, 0.717) is 6.54 Å². The highest BCUT2D eigenvalue weighted by Crippen LogP contribution is 2.18. The molecule has 0 saturated heterocycles. The van der Waals surface area contributed by atoms with Gasteiger partial charge in [0.2, 0.25) is 0 Å². The van der Waals surface area contributed by atoms with Crippen LogP contribution in [-0.4, -0.2) is 54.8 Å². The standard InChI is InChI=1S/C23H25FN4O4S/c24-19-6-8-20(9-7-19)33(30,31)15-11-21-26-23(32-27-21)22(29)25-12-3-13-28-14-10-17-4-1-2-5-18(17)16-28/h1-2,4-9H,3,10-16H2,(H,25,29). The van der Waals surface area contributed by atoms with E-state index < -0.39 is 21.6 Å². The average molecular weight is 473 g/mol. The highest BCUT2D eigenvalue weighted by molar-refractivity contribution is 7.91. The minimum absolute atomic E-state index is 0.0163. The molecule has 0 bridgehead atoms. The van der Waals surface area contributed by atoms with E-state index in [1.807, 2.05) is 0 Å². The van der Waals surface area contributed by atoms with Gasteiger partial charge < -0.3 is 9.84 Å². The molecule has 8 nitrogen and oxygen atoms in total. The Hall–Kier alpha value is -3.11. The molecular weight excluding hydrogens is 447 g/mol. The summed E-state index contributed by atoms with van der Waals surface area (Å²) < 4.78 is 42.6. The second-order valence-electron chi connectivity index (χ2n) is 7.94. The van der Waals surface area contributed by atoms with Crippen LogP contribution < -0.4 is 5.32 Å². The van der Waals surface area contributed by atoms with Gasteiger partial charge in [-0.05, 0) is 48.2 Å². The van der Waals surface area contributed by atoms with Crippen LogP contribution in [0.15, 0.2) is 57.9 Å². The lowest BCUT2D eigenvalue weighted by Gasteiger charge is -2.28. The summed E-state index contributed by atoms with van der Waals surface area (Å²) in [6.07, 6.45) is 1.79. The van der Waals surface area contributed by atoms with Crippen LogP contribution in [0.4, 0.5) is 4.39 Å². The molecule has 0 radical (unpaired) electrons. The zero-order chi connectivity index (χ0) is 23.3. The number of fused-ring (bicyclic) bond motifs is 1. The van der Waals surface area contributed by atoms with Crippen LogP contribution in [0, 0.1) is 5.82 Å². The topological polar surface area (TPSA) is 105 Å². The van der Waals surface area contributed by atoms with Crippen molar-refractivity contribution in [1.82, 2.24) is 20.4 Å². The quantitative estimate of drug-likeness (QED) is 0.377. The molecule has 2 aromatic carbocycles. The van der Waals surface area contributed by atoms with Crippen LogP contribution in [-0.2, 0) is 29.2 Å². The SMILES string of the molecule is O=C(NCCCN1CCc2ccccc2C1)c1nc(CCS(=O)(=O)c2ccc(F)cc2)no1. The van der Waals surface area contributed by atoms with Crippen molar-refractivity contribution in [2.45, 2.75) is 30.7 Å². The molecule has 0 atom stereocenters. The summed E-state index contributed by atoms with van der Waals surface area (Å²) >= 11 is 0. The Balaban J connectivity index is 1.20. The number of benzene rings is 2. The van der Waals surface area contributed by atoms with Crippen molar-refractivity contribution in [2.75, 3.05) is 25.4 Å². The molecular formula is C23H25FN4O4S. The van der Waals surface area contributed by atoms with Crippen molar-refractivity contribution < 1.29 is 22.1 Å². The number of amides is 1. The summed E-state index contributed by atoms with van der Waals surface area (Å²) in [5.74, 6) is -1.35. The third-order valence-electron chi connectivity index (χ3n) is 5.58. The van der Waals surface area contributed by atoms with Crippen molar-refractivity contribution in [1.29, 1.82) is 0 Å². The number of nitrogens with zero attached hydrogens (tertiary/aromatic N) is 3. The second kappa shape index (κ2) is 10.2. The minimum atomic E-state index is -3.63. The van der Waals surface area contributed by atoms with Crippen molar-refractivity contribution >= 4 is 15.7 Å².